The van der Waals surface area contributed by atoms with Gasteiger partial charge in [-0.2, -0.15) is 0 Å². The lowest BCUT2D eigenvalue weighted by molar-refractivity contribution is 0.706. The van der Waals surface area contributed by atoms with Crippen molar-refractivity contribution in [1.82, 2.24) is 0 Å². The Kier molecular flexibility index (Phi) is 3.14. The number of benzene rings is 1. The van der Waals surface area contributed by atoms with Crippen LogP contribution in [0.25, 0.3) is 0 Å². The van der Waals surface area contributed by atoms with Crippen LogP contribution in [0.3, 0.4) is 0 Å². The number of rotatable bonds is 2. The highest BCUT2D eigenvalue weighted by Gasteiger charge is 2.22. The molecule has 1 aromatic carbocycles. The van der Waals surface area contributed by atoms with Crippen LogP contribution in [0.4, 0.5) is 0 Å². The average Bonchev–Trinajstić information content (AvgIpc) is 2.56. The fourth-order valence-electron chi connectivity index (χ4n) is 1.89. The molecule has 1 aliphatic carbocycles. The van der Waals surface area contributed by atoms with Crippen molar-refractivity contribution in [2.75, 3.05) is 0 Å². The van der Waals surface area contributed by atoms with Crippen molar-refractivity contribution in [3.63, 3.8) is 0 Å². The molecule has 0 heterocycles. The van der Waals surface area contributed by atoms with Gasteiger partial charge < -0.3 is 5.73 Å². The molecule has 2 heteroatoms. The summed E-state index contributed by atoms with van der Waals surface area (Å²) in [5, 5.41) is 0.743. The van der Waals surface area contributed by atoms with Gasteiger partial charge in [0.2, 0.25) is 0 Å². The standard InChI is InChI=1S/C12H17NS/c1-9-2-5-11(6-3-9)14-12-7-4-10(13)8-12/h2-3,5-6,10,12H,4,7-8,13H2,1H3. The lowest BCUT2D eigenvalue weighted by atomic mass is 10.2. The maximum absolute atomic E-state index is 5.89. The Balaban J connectivity index is 1.94. The highest BCUT2D eigenvalue weighted by molar-refractivity contribution is 8.00. The number of nitrogens with two attached hydrogens (primary N) is 1. The van der Waals surface area contributed by atoms with Gasteiger partial charge in [0, 0.05) is 16.2 Å². The van der Waals surface area contributed by atoms with Crippen molar-refractivity contribution < 1.29 is 0 Å². The minimum Gasteiger partial charge on any atom is -0.328 e. The SMILES string of the molecule is Cc1ccc(SC2CCC(N)C2)cc1. The summed E-state index contributed by atoms with van der Waals surface area (Å²) in [5.74, 6) is 0. The Bertz CT molecular complexity index is 294. The molecule has 0 aliphatic heterocycles. The minimum atomic E-state index is 0.443. The van der Waals surface area contributed by atoms with E-state index in [9.17, 15) is 0 Å². The van der Waals surface area contributed by atoms with Crippen LogP contribution in [0, 0.1) is 6.92 Å². The molecule has 2 unspecified atom stereocenters. The number of hydrogen-bond acceptors (Lipinski definition) is 2. The Morgan fingerprint density at radius 1 is 1.21 bits per heavy atom. The number of hydrogen-bond donors (Lipinski definition) is 1. The largest absolute Gasteiger partial charge is 0.328 e. The van der Waals surface area contributed by atoms with E-state index in [4.69, 9.17) is 5.73 Å². The van der Waals surface area contributed by atoms with Crippen LogP contribution >= 0.6 is 11.8 Å². The van der Waals surface area contributed by atoms with E-state index in [-0.39, 0.29) is 0 Å². The van der Waals surface area contributed by atoms with Gasteiger partial charge in [-0.1, -0.05) is 17.7 Å². The maximum atomic E-state index is 5.89. The molecular weight excluding hydrogens is 190 g/mol. The number of aryl methyl sites for hydroxylation is 1. The molecule has 1 saturated carbocycles. The number of thioether (sulfide) groups is 1. The summed E-state index contributed by atoms with van der Waals surface area (Å²) in [6, 6.07) is 9.22. The lowest BCUT2D eigenvalue weighted by Crippen LogP contribution is -2.15. The van der Waals surface area contributed by atoms with Crippen LogP contribution in [0.5, 0.6) is 0 Å². The first-order chi connectivity index (χ1) is 6.74. The Morgan fingerprint density at radius 2 is 1.93 bits per heavy atom. The summed E-state index contributed by atoms with van der Waals surface area (Å²) in [7, 11) is 0. The molecule has 0 spiro atoms. The van der Waals surface area contributed by atoms with E-state index in [0.717, 1.165) is 5.25 Å². The fraction of sp³-hybridized carbons (Fsp3) is 0.500. The van der Waals surface area contributed by atoms with Gasteiger partial charge in [0.05, 0.1) is 0 Å². The zero-order valence-corrected chi connectivity index (χ0v) is 9.39. The second kappa shape index (κ2) is 4.37. The Morgan fingerprint density at radius 3 is 2.50 bits per heavy atom. The highest BCUT2D eigenvalue weighted by Crippen LogP contribution is 2.34. The summed E-state index contributed by atoms with van der Waals surface area (Å²) < 4.78 is 0. The van der Waals surface area contributed by atoms with Gasteiger partial charge in [-0.05, 0) is 38.3 Å². The molecule has 1 aliphatic rings. The molecule has 2 N–H and O–H groups in total. The first-order valence-corrected chi connectivity index (χ1v) is 6.11. The molecule has 0 bridgehead atoms. The van der Waals surface area contributed by atoms with E-state index in [1.807, 2.05) is 11.8 Å². The maximum Gasteiger partial charge on any atom is 0.0110 e. The first kappa shape index (κ1) is 10.1. The van der Waals surface area contributed by atoms with Crippen molar-refractivity contribution in [3.8, 4) is 0 Å². The van der Waals surface area contributed by atoms with E-state index in [1.165, 1.54) is 29.7 Å². The summed E-state index contributed by atoms with van der Waals surface area (Å²) >= 11 is 1.98. The predicted molar refractivity (Wildman–Crippen MR) is 62.7 cm³/mol. The van der Waals surface area contributed by atoms with Crippen LogP contribution in [0.1, 0.15) is 24.8 Å². The van der Waals surface area contributed by atoms with E-state index in [0.29, 0.717) is 6.04 Å². The normalized spacial score (nSPS) is 26.7. The predicted octanol–water partition coefficient (Wildman–Crippen LogP) is 2.97. The summed E-state index contributed by atoms with van der Waals surface area (Å²) in [6.07, 6.45) is 3.65. The van der Waals surface area contributed by atoms with E-state index >= 15 is 0 Å². The molecule has 76 valence electrons. The molecule has 14 heavy (non-hydrogen) atoms. The minimum absolute atomic E-state index is 0.443. The summed E-state index contributed by atoms with van der Waals surface area (Å²) in [6.45, 7) is 2.12. The van der Waals surface area contributed by atoms with Gasteiger partial charge in [-0.3, -0.25) is 0 Å². The fourth-order valence-corrected chi connectivity index (χ4v) is 3.17. The topological polar surface area (TPSA) is 26.0 Å². The van der Waals surface area contributed by atoms with Gasteiger partial charge in [-0.25, -0.2) is 0 Å². The van der Waals surface area contributed by atoms with Gasteiger partial charge in [0.15, 0.2) is 0 Å². The monoisotopic (exact) mass is 207 g/mol. The highest BCUT2D eigenvalue weighted by atomic mass is 32.2. The lowest BCUT2D eigenvalue weighted by Gasteiger charge is -2.08. The van der Waals surface area contributed by atoms with Crippen LogP contribution in [0.2, 0.25) is 0 Å². The summed E-state index contributed by atoms with van der Waals surface area (Å²) in [5.41, 5.74) is 7.22. The quantitative estimate of drug-likeness (QED) is 0.807. The van der Waals surface area contributed by atoms with Crippen LogP contribution < -0.4 is 5.73 Å². The molecule has 1 nitrogen and oxygen atoms in total. The second-order valence-electron chi connectivity index (χ2n) is 4.13. The summed E-state index contributed by atoms with van der Waals surface area (Å²) in [4.78, 5) is 1.38. The third-order valence-electron chi connectivity index (χ3n) is 2.75. The molecule has 0 amide bonds. The zero-order valence-electron chi connectivity index (χ0n) is 8.57. The first-order valence-electron chi connectivity index (χ1n) is 5.23. The van der Waals surface area contributed by atoms with Gasteiger partial charge in [0.25, 0.3) is 0 Å². The van der Waals surface area contributed by atoms with Gasteiger partial charge >= 0.3 is 0 Å². The zero-order chi connectivity index (χ0) is 9.97. The van der Waals surface area contributed by atoms with Gasteiger partial charge in [0.1, 0.15) is 0 Å². The molecule has 0 saturated heterocycles. The smallest absolute Gasteiger partial charge is 0.0110 e. The molecule has 1 aromatic rings. The molecule has 0 aromatic heterocycles. The van der Waals surface area contributed by atoms with Crippen molar-refractivity contribution in [2.45, 2.75) is 42.4 Å². The van der Waals surface area contributed by atoms with Crippen LogP contribution in [-0.2, 0) is 0 Å². The Hall–Kier alpha value is -0.470. The van der Waals surface area contributed by atoms with Crippen LogP contribution in [0.15, 0.2) is 29.2 Å². The van der Waals surface area contributed by atoms with E-state index in [2.05, 4.69) is 31.2 Å². The van der Waals surface area contributed by atoms with Crippen molar-refractivity contribution in [3.05, 3.63) is 29.8 Å². The van der Waals surface area contributed by atoms with Crippen LogP contribution in [-0.4, -0.2) is 11.3 Å². The third-order valence-corrected chi connectivity index (χ3v) is 4.05. The molecule has 2 atom stereocenters. The molecule has 0 radical (unpaired) electrons. The molecular formula is C12H17NS. The van der Waals surface area contributed by atoms with Crippen molar-refractivity contribution in [1.29, 1.82) is 0 Å². The van der Waals surface area contributed by atoms with Crippen molar-refractivity contribution in [2.24, 2.45) is 5.73 Å². The average molecular weight is 207 g/mol. The van der Waals surface area contributed by atoms with Gasteiger partial charge in [-0.15, -0.1) is 11.8 Å². The molecule has 1 fully saturated rings. The van der Waals surface area contributed by atoms with Crippen molar-refractivity contribution >= 4 is 11.8 Å². The van der Waals surface area contributed by atoms with E-state index < -0.39 is 0 Å². The van der Waals surface area contributed by atoms with E-state index in [1.54, 1.807) is 0 Å². The molecule has 2 rings (SSSR count). The second-order valence-corrected chi connectivity index (χ2v) is 5.50. The third kappa shape index (κ3) is 2.52. The Labute approximate surface area is 90.1 Å².